The molecule has 0 saturated carbocycles. The summed E-state index contributed by atoms with van der Waals surface area (Å²) in [6.07, 6.45) is 1.74. The first-order valence-electron chi connectivity index (χ1n) is 7.02. The van der Waals surface area contributed by atoms with E-state index >= 15 is 0 Å². The number of rotatable bonds is 5. The van der Waals surface area contributed by atoms with Crippen molar-refractivity contribution >= 4 is 26.4 Å². The Morgan fingerprint density at radius 3 is 2.73 bits per heavy atom. The minimum Gasteiger partial charge on any atom is -0.382 e. The van der Waals surface area contributed by atoms with E-state index in [0.29, 0.717) is 4.90 Å². The summed E-state index contributed by atoms with van der Waals surface area (Å²) in [7, 11) is -3.29. The van der Waals surface area contributed by atoms with Gasteiger partial charge in [-0.2, -0.15) is 5.10 Å². The van der Waals surface area contributed by atoms with E-state index in [4.69, 9.17) is 0 Å². The van der Waals surface area contributed by atoms with E-state index in [1.165, 1.54) is 0 Å². The Kier molecular flexibility index (Phi) is 3.85. The Hall–Kier alpha value is -2.34. The zero-order valence-corrected chi connectivity index (χ0v) is 13.0. The van der Waals surface area contributed by atoms with Crippen LogP contribution >= 0.6 is 0 Å². The van der Waals surface area contributed by atoms with E-state index in [-0.39, 0.29) is 11.8 Å². The lowest BCUT2D eigenvalue weighted by Gasteiger charge is -2.15. The van der Waals surface area contributed by atoms with Gasteiger partial charge >= 0.3 is 0 Å². The number of nitrogens with one attached hydrogen (secondary N) is 2. The number of benzene rings is 2. The molecule has 0 aliphatic rings. The topological polar surface area (TPSA) is 74.8 Å². The van der Waals surface area contributed by atoms with Crippen molar-refractivity contribution in [3.05, 3.63) is 54.7 Å². The SMILES string of the molecule is C[C@H](CS(=O)(=O)c1ccccc1)Nc1ccc2[nH]ncc2c1. The van der Waals surface area contributed by atoms with Crippen LogP contribution in [-0.4, -0.2) is 30.4 Å². The zero-order chi connectivity index (χ0) is 15.6. The summed E-state index contributed by atoms with van der Waals surface area (Å²) < 4.78 is 24.7. The number of hydrogen-bond donors (Lipinski definition) is 2. The maximum atomic E-state index is 12.3. The summed E-state index contributed by atoms with van der Waals surface area (Å²) in [6.45, 7) is 1.86. The summed E-state index contributed by atoms with van der Waals surface area (Å²) in [5, 5.41) is 11.1. The third kappa shape index (κ3) is 3.12. The summed E-state index contributed by atoms with van der Waals surface area (Å²) in [5.41, 5.74) is 1.83. The first-order chi connectivity index (χ1) is 10.5. The molecule has 0 saturated heterocycles. The lowest BCUT2D eigenvalue weighted by Crippen LogP contribution is -2.25. The van der Waals surface area contributed by atoms with Crippen molar-refractivity contribution in [1.29, 1.82) is 0 Å². The Balaban J connectivity index is 1.73. The maximum absolute atomic E-state index is 12.3. The van der Waals surface area contributed by atoms with Crippen molar-refractivity contribution in [3.63, 3.8) is 0 Å². The molecule has 0 unspecified atom stereocenters. The van der Waals surface area contributed by atoms with Gasteiger partial charge in [-0.15, -0.1) is 0 Å². The van der Waals surface area contributed by atoms with Crippen LogP contribution in [0.4, 0.5) is 5.69 Å². The quantitative estimate of drug-likeness (QED) is 0.759. The number of aromatic amines is 1. The van der Waals surface area contributed by atoms with Crippen molar-refractivity contribution in [3.8, 4) is 0 Å². The second kappa shape index (κ2) is 5.81. The summed E-state index contributed by atoms with van der Waals surface area (Å²) in [6, 6.07) is 14.1. The molecule has 5 nitrogen and oxygen atoms in total. The average molecular weight is 315 g/mol. The van der Waals surface area contributed by atoms with Crippen LogP contribution in [-0.2, 0) is 9.84 Å². The minimum atomic E-state index is -3.29. The fourth-order valence-electron chi connectivity index (χ4n) is 2.41. The molecule has 1 aromatic heterocycles. The average Bonchev–Trinajstić information content (AvgIpc) is 2.95. The fraction of sp³-hybridized carbons (Fsp3) is 0.188. The number of sulfone groups is 1. The molecule has 0 aliphatic carbocycles. The monoisotopic (exact) mass is 315 g/mol. The normalized spacial score (nSPS) is 13.1. The number of fused-ring (bicyclic) bond motifs is 1. The molecular weight excluding hydrogens is 298 g/mol. The molecular formula is C16H17N3O2S. The van der Waals surface area contributed by atoms with Crippen LogP contribution in [0.2, 0.25) is 0 Å². The summed E-state index contributed by atoms with van der Waals surface area (Å²) in [4.78, 5) is 0.355. The van der Waals surface area contributed by atoms with Gasteiger partial charge in [-0.3, -0.25) is 5.10 Å². The Morgan fingerprint density at radius 2 is 1.95 bits per heavy atom. The maximum Gasteiger partial charge on any atom is 0.180 e. The van der Waals surface area contributed by atoms with Gasteiger partial charge in [-0.25, -0.2) is 8.42 Å². The summed E-state index contributed by atoms with van der Waals surface area (Å²) in [5.74, 6) is 0.0421. The van der Waals surface area contributed by atoms with E-state index in [0.717, 1.165) is 16.6 Å². The lowest BCUT2D eigenvalue weighted by atomic mass is 10.2. The third-order valence-electron chi connectivity index (χ3n) is 3.43. The summed E-state index contributed by atoms with van der Waals surface area (Å²) >= 11 is 0. The van der Waals surface area contributed by atoms with E-state index < -0.39 is 9.84 Å². The highest BCUT2D eigenvalue weighted by Gasteiger charge is 2.18. The number of aromatic nitrogens is 2. The highest BCUT2D eigenvalue weighted by molar-refractivity contribution is 7.91. The number of anilines is 1. The molecule has 6 heteroatoms. The van der Waals surface area contributed by atoms with E-state index in [1.54, 1.807) is 36.5 Å². The predicted molar refractivity (Wildman–Crippen MR) is 87.7 cm³/mol. The minimum absolute atomic E-state index is 0.0421. The van der Waals surface area contributed by atoms with Crippen LogP contribution in [0.25, 0.3) is 10.9 Å². The molecule has 3 rings (SSSR count). The van der Waals surface area contributed by atoms with Gasteiger partial charge in [-0.05, 0) is 37.3 Å². The van der Waals surface area contributed by atoms with Crippen molar-refractivity contribution < 1.29 is 8.42 Å². The van der Waals surface area contributed by atoms with Crippen molar-refractivity contribution in [1.82, 2.24) is 10.2 Å². The van der Waals surface area contributed by atoms with E-state index in [2.05, 4.69) is 15.5 Å². The van der Waals surface area contributed by atoms with Crippen LogP contribution in [0.3, 0.4) is 0 Å². The van der Waals surface area contributed by atoms with Crippen molar-refractivity contribution in [2.75, 3.05) is 11.1 Å². The Labute approximate surface area is 129 Å². The predicted octanol–water partition coefficient (Wildman–Crippen LogP) is 2.84. The number of H-pyrrole nitrogens is 1. The third-order valence-corrected chi connectivity index (χ3v) is 5.35. The second-order valence-electron chi connectivity index (χ2n) is 5.31. The number of nitrogens with zero attached hydrogens (tertiary/aromatic N) is 1. The van der Waals surface area contributed by atoms with Gasteiger partial charge in [0.05, 0.1) is 22.4 Å². The molecule has 22 heavy (non-hydrogen) atoms. The molecule has 2 aromatic carbocycles. The molecule has 3 aromatic rings. The molecule has 1 heterocycles. The van der Waals surface area contributed by atoms with Crippen LogP contribution < -0.4 is 5.32 Å². The molecule has 0 aliphatic heterocycles. The molecule has 2 N–H and O–H groups in total. The zero-order valence-electron chi connectivity index (χ0n) is 12.2. The first-order valence-corrected chi connectivity index (χ1v) is 8.67. The Bertz CT molecular complexity index is 873. The van der Waals surface area contributed by atoms with Gasteiger partial charge < -0.3 is 5.32 Å². The first kappa shape index (κ1) is 14.6. The molecule has 0 spiro atoms. The fourth-order valence-corrected chi connectivity index (χ4v) is 3.92. The molecule has 0 amide bonds. The van der Waals surface area contributed by atoms with Gasteiger partial charge in [-0.1, -0.05) is 18.2 Å². The van der Waals surface area contributed by atoms with Crippen LogP contribution in [0.1, 0.15) is 6.92 Å². The number of hydrogen-bond acceptors (Lipinski definition) is 4. The van der Waals surface area contributed by atoms with Gasteiger partial charge in [0.2, 0.25) is 0 Å². The van der Waals surface area contributed by atoms with Crippen LogP contribution in [0, 0.1) is 0 Å². The van der Waals surface area contributed by atoms with Gasteiger partial charge in [0.25, 0.3) is 0 Å². The Morgan fingerprint density at radius 1 is 1.18 bits per heavy atom. The highest BCUT2D eigenvalue weighted by Crippen LogP contribution is 2.18. The van der Waals surface area contributed by atoms with Gasteiger partial charge in [0, 0.05) is 17.1 Å². The molecule has 0 radical (unpaired) electrons. The van der Waals surface area contributed by atoms with Gasteiger partial charge in [0.15, 0.2) is 9.84 Å². The smallest absolute Gasteiger partial charge is 0.180 e. The molecule has 0 fully saturated rings. The van der Waals surface area contributed by atoms with Crippen LogP contribution in [0.5, 0.6) is 0 Å². The largest absolute Gasteiger partial charge is 0.382 e. The van der Waals surface area contributed by atoms with Crippen molar-refractivity contribution in [2.24, 2.45) is 0 Å². The van der Waals surface area contributed by atoms with Crippen molar-refractivity contribution in [2.45, 2.75) is 17.9 Å². The second-order valence-corrected chi connectivity index (χ2v) is 7.35. The van der Waals surface area contributed by atoms with Crippen LogP contribution in [0.15, 0.2) is 59.6 Å². The highest BCUT2D eigenvalue weighted by atomic mass is 32.2. The standard InChI is InChI=1S/C16H17N3O2S/c1-12(11-22(20,21)15-5-3-2-4-6-15)18-14-7-8-16-13(9-14)10-17-19-16/h2-10,12,18H,11H2,1H3,(H,17,19)/t12-/m1/s1. The lowest BCUT2D eigenvalue weighted by molar-refractivity contribution is 0.592. The molecule has 1 atom stereocenters. The molecule has 0 bridgehead atoms. The van der Waals surface area contributed by atoms with E-state index in [9.17, 15) is 8.42 Å². The van der Waals surface area contributed by atoms with Gasteiger partial charge in [0.1, 0.15) is 0 Å². The van der Waals surface area contributed by atoms with E-state index in [1.807, 2.05) is 25.1 Å². The molecule has 114 valence electrons.